The van der Waals surface area contributed by atoms with Gasteiger partial charge in [0, 0.05) is 12.0 Å². The second-order valence-electron chi connectivity index (χ2n) is 6.03. The molecular formula is C15H17F2NO3. The molecule has 0 radical (unpaired) electrons. The van der Waals surface area contributed by atoms with Gasteiger partial charge in [-0.3, -0.25) is 9.69 Å². The Kier molecular flexibility index (Phi) is 3.98. The van der Waals surface area contributed by atoms with E-state index < -0.39 is 29.4 Å². The molecule has 0 N–H and O–H groups in total. The molecule has 1 heterocycles. The Labute approximate surface area is 121 Å². The molecule has 1 aliphatic rings. The lowest BCUT2D eigenvalue weighted by atomic mass is 10.0. The van der Waals surface area contributed by atoms with Crippen LogP contribution in [0.1, 0.15) is 38.8 Å². The molecule has 1 atom stereocenters. The average molecular weight is 297 g/mol. The molecule has 1 saturated heterocycles. The van der Waals surface area contributed by atoms with Gasteiger partial charge in [0.1, 0.15) is 17.2 Å². The fraction of sp³-hybridized carbons (Fsp3) is 0.467. The van der Waals surface area contributed by atoms with E-state index in [1.807, 2.05) is 0 Å². The van der Waals surface area contributed by atoms with Crippen LogP contribution in [0.2, 0.25) is 0 Å². The van der Waals surface area contributed by atoms with Gasteiger partial charge in [0.2, 0.25) is 0 Å². The van der Waals surface area contributed by atoms with Gasteiger partial charge in [-0.2, -0.15) is 0 Å². The number of carbonyl (C=O) groups is 2. The summed E-state index contributed by atoms with van der Waals surface area (Å²) in [6.07, 6.45) is -0.749. The number of nitrogens with zero attached hydrogens (tertiary/aromatic N) is 1. The number of amides is 1. The van der Waals surface area contributed by atoms with Crippen LogP contribution >= 0.6 is 0 Å². The van der Waals surface area contributed by atoms with Gasteiger partial charge in [-0.05, 0) is 39.0 Å². The third-order valence-corrected chi connectivity index (χ3v) is 3.09. The van der Waals surface area contributed by atoms with Crippen LogP contribution in [0.5, 0.6) is 0 Å². The number of carbonyl (C=O) groups excluding carboxylic acids is 2. The number of ether oxygens (including phenoxy) is 1. The van der Waals surface area contributed by atoms with E-state index in [2.05, 4.69) is 0 Å². The fourth-order valence-corrected chi connectivity index (χ4v) is 2.25. The molecule has 1 aromatic rings. The zero-order valence-electron chi connectivity index (χ0n) is 12.2. The Morgan fingerprint density at radius 3 is 2.62 bits per heavy atom. The number of benzene rings is 1. The van der Waals surface area contributed by atoms with E-state index in [-0.39, 0.29) is 24.3 Å². The Bertz CT molecular complexity index is 581. The molecule has 1 unspecified atom stereocenters. The topological polar surface area (TPSA) is 46.6 Å². The van der Waals surface area contributed by atoms with Crippen molar-refractivity contribution >= 4 is 11.9 Å². The number of rotatable bonds is 1. The van der Waals surface area contributed by atoms with Crippen molar-refractivity contribution < 1.29 is 23.1 Å². The van der Waals surface area contributed by atoms with Crippen molar-refractivity contribution in [2.45, 2.75) is 38.8 Å². The zero-order chi connectivity index (χ0) is 15.8. The van der Waals surface area contributed by atoms with Crippen LogP contribution in [0.3, 0.4) is 0 Å². The van der Waals surface area contributed by atoms with Gasteiger partial charge >= 0.3 is 6.09 Å². The van der Waals surface area contributed by atoms with E-state index in [1.165, 1.54) is 0 Å². The maximum atomic E-state index is 13.9. The predicted octanol–water partition coefficient (Wildman–Crippen LogP) is 3.22. The fourth-order valence-electron chi connectivity index (χ4n) is 2.25. The summed E-state index contributed by atoms with van der Waals surface area (Å²) in [6.45, 7) is 4.93. The van der Waals surface area contributed by atoms with Crippen molar-refractivity contribution in [2.75, 3.05) is 6.54 Å². The number of likely N-dealkylation sites (tertiary alicyclic amines) is 1. The first-order chi connectivity index (χ1) is 9.67. The van der Waals surface area contributed by atoms with Crippen molar-refractivity contribution in [1.82, 2.24) is 4.90 Å². The largest absolute Gasteiger partial charge is 0.444 e. The van der Waals surface area contributed by atoms with Crippen molar-refractivity contribution in [1.29, 1.82) is 0 Å². The van der Waals surface area contributed by atoms with Crippen LogP contribution in [0.15, 0.2) is 18.2 Å². The van der Waals surface area contributed by atoms with Gasteiger partial charge in [0.25, 0.3) is 0 Å². The smallest absolute Gasteiger partial charge is 0.411 e. The van der Waals surface area contributed by atoms with E-state index >= 15 is 0 Å². The first-order valence-electron chi connectivity index (χ1n) is 6.63. The van der Waals surface area contributed by atoms with Crippen LogP contribution in [0, 0.1) is 11.6 Å². The van der Waals surface area contributed by atoms with Gasteiger partial charge in [0.15, 0.2) is 5.78 Å². The highest BCUT2D eigenvalue weighted by Gasteiger charge is 2.38. The zero-order valence-corrected chi connectivity index (χ0v) is 12.2. The predicted molar refractivity (Wildman–Crippen MR) is 71.7 cm³/mol. The molecule has 1 amide bonds. The summed E-state index contributed by atoms with van der Waals surface area (Å²) in [5, 5.41) is 0. The van der Waals surface area contributed by atoms with E-state index in [9.17, 15) is 18.4 Å². The van der Waals surface area contributed by atoms with Gasteiger partial charge in [0.05, 0.1) is 12.6 Å². The Morgan fingerprint density at radius 1 is 1.33 bits per heavy atom. The van der Waals surface area contributed by atoms with E-state index in [0.29, 0.717) is 0 Å². The Hall–Kier alpha value is -1.98. The number of halogens is 2. The highest BCUT2D eigenvalue weighted by atomic mass is 19.1. The quantitative estimate of drug-likeness (QED) is 0.799. The lowest BCUT2D eigenvalue weighted by Crippen LogP contribution is -2.37. The molecule has 21 heavy (non-hydrogen) atoms. The molecule has 114 valence electrons. The minimum Gasteiger partial charge on any atom is -0.444 e. The highest BCUT2D eigenvalue weighted by molar-refractivity contribution is 5.88. The normalized spacial score (nSPS) is 19.0. The van der Waals surface area contributed by atoms with Gasteiger partial charge in [-0.15, -0.1) is 0 Å². The first-order valence-corrected chi connectivity index (χ1v) is 6.63. The summed E-state index contributed by atoms with van der Waals surface area (Å²) in [7, 11) is 0. The molecule has 1 aliphatic heterocycles. The molecule has 4 nitrogen and oxygen atoms in total. The van der Waals surface area contributed by atoms with Crippen LogP contribution in [0.4, 0.5) is 13.6 Å². The van der Waals surface area contributed by atoms with E-state index in [0.717, 1.165) is 23.1 Å². The third-order valence-electron chi connectivity index (χ3n) is 3.09. The average Bonchev–Trinajstić information content (AvgIpc) is 2.72. The molecule has 0 aromatic heterocycles. The summed E-state index contributed by atoms with van der Waals surface area (Å²) in [5.41, 5.74) is -0.736. The monoisotopic (exact) mass is 297 g/mol. The molecule has 0 spiro atoms. The van der Waals surface area contributed by atoms with Crippen molar-refractivity contribution in [3.8, 4) is 0 Å². The van der Waals surface area contributed by atoms with E-state index in [1.54, 1.807) is 20.8 Å². The van der Waals surface area contributed by atoms with Crippen LogP contribution in [0.25, 0.3) is 0 Å². The van der Waals surface area contributed by atoms with Gasteiger partial charge in [-0.1, -0.05) is 0 Å². The minimum atomic E-state index is -0.831. The number of ketones is 1. The van der Waals surface area contributed by atoms with Gasteiger partial charge in [-0.25, -0.2) is 13.6 Å². The molecule has 6 heteroatoms. The highest BCUT2D eigenvalue weighted by Crippen LogP contribution is 2.33. The molecular weight excluding hydrogens is 280 g/mol. The van der Waals surface area contributed by atoms with Crippen LogP contribution in [-0.4, -0.2) is 28.9 Å². The molecule has 0 aliphatic carbocycles. The van der Waals surface area contributed by atoms with Crippen molar-refractivity contribution in [2.24, 2.45) is 0 Å². The molecule has 2 rings (SSSR count). The van der Waals surface area contributed by atoms with E-state index in [4.69, 9.17) is 4.74 Å². The SMILES string of the molecule is CC(C)(C)OC(=O)N1CC(=O)CC1c1cc(F)ccc1F. The summed E-state index contributed by atoms with van der Waals surface area (Å²) in [4.78, 5) is 24.9. The number of hydrogen-bond acceptors (Lipinski definition) is 3. The van der Waals surface area contributed by atoms with Crippen LogP contribution in [-0.2, 0) is 9.53 Å². The molecule has 1 fully saturated rings. The van der Waals surface area contributed by atoms with Gasteiger partial charge < -0.3 is 4.74 Å². The third kappa shape index (κ3) is 3.56. The van der Waals surface area contributed by atoms with Crippen LogP contribution < -0.4 is 0 Å². The number of hydrogen-bond donors (Lipinski definition) is 0. The summed E-state index contributed by atoms with van der Waals surface area (Å²) >= 11 is 0. The molecule has 0 bridgehead atoms. The maximum Gasteiger partial charge on any atom is 0.411 e. The molecule has 0 saturated carbocycles. The lowest BCUT2D eigenvalue weighted by Gasteiger charge is -2.28. The second-order valence-corrected chi connectivity index (χ2v) is 6.03. The standard InChI is InChI=1S/C15H17F2NO3/c1-15(2,3)21-14(20)18-8-10(19)7-13(18)11-6-9(16)4-5-12(11)17/h4-6,13H,7-8H2,1-3H3. The number of Topliss-reactive ketones (excluding diaryl/α,β-unsaturated/α-hetero) is 1. The van der Waals surface area contributed by atoms with Crippen molar-refractivity contribution in [3.05, 3.63) is 35.4 Å². The Morgan fingerprint density at radius 2 is 2.00 bits per heavy atom. The second kappa shape index (κ2) is 5.42. The lowest BCUT2D eigenvalue weighted by molar-refractivity contribution is -0.117. The van der Waals surface area contributed by atoms with Crippen molar-refractivity contribution in [3.63, 3.8) is 0 Å². The summed E-state index contributed by atoms with van der Waals surface area (Å²) in [6, 6.07) is 2.16. The first kappa shape index (κ1) is 15.4. The summed E-state index contributed by atoms with van der Waals surface area (Å²) in [5.74, 6) is -1.48. The molecule has 1 aromatic carbocycles. The minimum absolute atomic E-state index is 0.00768. The Balaban J connectivity index is 2.30. The maximum absolute atomic E-state index is 13.9. The summed E-state index contributed by atoms with van der Waals surface area (Å²) < 4.78 is 32.4.